The lowest BCUT2D eigenvalue weighted by Gasteiger charge is -2.25. The van der Waals surface area contributed by atoms with Gasteiger partial charge < -0.3 is 15.2 Å². The van der Waals surface area contributed by atoms with Crippen LogP contribution in [0.3, 0.4) is 0 Å². The van der Waals surface area contributed by atoms with Crippen molar-refractivity contribution in [2.24, 2.45) is 5.92 Å². The summed E-state index contributed by atoms with van der Waals surface area (Å²) in [7, 11) is 0. The molecule has 4 rings (SSSR count). The van der Waals surface area contributed by atoms with Crippen molar-refractivity contribution in [3.05, 3.63) is 53.2 Å². The molecule has 1 aliphatic rings. The first-order valence-corrected chi connectivity index (χ1v) is 10.8. The molecule has 0 saturated heterocycles. The maximum Gasteiger partial charge on any atom is 0.274 e. The molecule has 1 aromatic carbocycles. The van der Waals surface area contributed by atoms with E-state index in [1.54, 1.807) is 26.0 Å². The Hall–Kier alpha value is -3.13. The highest BCUT2D eigenvalue weighted by molar-refractivity contribution is 6.04. The number of aliphatic hydroxyl groups is 1. The van der Waals surface area contributed by atoms with Crippen LogP contribution in [-0.4, -0.2) is 32.1 Å². The Labute approximate surface area is 185 Å². The summed E-state index contributed by atoms with van der Waals surface area (Å²) in [6, 6.07) is 6.32. The summed E-state index contributed by atoms with van der Waals surface area (Å²) < 4.78 is 15.5. The number of pyridine rings is 1. The van der Waals surface area contributed by atoms with E-state index in [2.05, 4.69) is 10.3 Å². The van der Waals surface area contributed by atoms with Crippen LogP contribution in [0.5, 0.6) is 0 Å². The quantitative estimate of drug-likeness (QED) is 0.579. The zero-order chi connectivity index (χ0) is 23.0. The van der Waals surface area contributed by atoms with Gasteiger partial charge in [0.25, 0.3) is 5.91 Å². The lowest BCUT2D eigenvalue weighted by atomic mass is 9.87. The average molecular weight is 439 g/mol. The van der Waals surface area contributed by atoms with Gasteiger partial charge in [-0.15, -0.1) is 0 Å². The number of anilines is 1. The third-order valence-corrected chi connectivity index (χ3v) is 6.13. The largest absolute Gasteiger partial charge is 0.386 e. The van der Waals surface area contributed by atoms with Gasteiger partial charge in [-0.2, -0.15) is 5.10 Å². The van der Waals surface area contributed by atoms with E-state index < -0.39 is 17.3 Å². The number of hydrogen-bond acceptors (Lipinski definition) is 5. The number of amides is 1. The summed E-state index contributed by atoms with van der Waals surface area (Å²) in [6.45, 7) is 4.78. The number of aldehydes is 1. The molecule has 1 saturated carbocycles. The smallest absolute Gasteiger partial charge is 0.274 e. The van der Waals surface area contributed by atoms with Gasteiger partial charge in [0.05, 0.1) is 22.9 Å². The summed E-state index contributed by atoms with van der Waals surface area (Å²) in [4.78, 5) is 27.8. The third kappa shape index (κ3) is 4.41. The Morgan fingerprint density at radius 2 is 1.97 bits per heavy atom. The summed E-state index contributed by atoms with van der Waals surface area (Å²) >= 11 is 0. The minimum atomic E-state index is -1.23. The van der Waals surface area contributed by atoms with Gasteiger partial charge in [-0.25, -0.2) is 9.37 Å². The fourth-order valence-corrected chi connectivity index (χ4v) is 4.25. The van der Waals surface area contributed by atoms with Crippen LogP contribution < -0.4 is 5.32 Å². The number of aromatic nitrogens is 3. The number of carbonyl (C=O) groups is 2. The van der Waals surface area contributed by atoms with Gasteiger partial charge in [0, 0.05) is 28.8 Å². The van der Waals surface area contributed by atoms with Gasteiger partial charge in [0.1, 0.15) is 17.8 Å². The van der Waals surface area contributed by atoms with E-state index in [-0.39, 0.29) is 23.3 Å². The first-order chi connectivity index (χ1) is 15.2. The molecule has 8 heteroatoms. The molecule has 2 aromatic heterocycles. The topological polar surface area (TPSA) is 97.1 Å². The zero-order valence-corrected chi connectivity index (χ0v) is 18.4. The second kappa shape index (κ2) is 8.43. The Balaban J connectivity index is 1.67. The van der Waals surface area contributed by atoms with Crippen molar-refractivity contribution < 1.29 is 19.1 Å². The van der Waals surface area contributed by atoms with Crippen LogP contribution in [0.4, 0.5) is 10.1 Å². The van der Waals surface area contributed by atoms with Crippen molar-refractivity contribution in [3.63, 3.8) is 0 Å². The van der Waals surface area contributed by atoms with E-state index in [9.17, 15) is 19.1 Å². The molecule has 1 fully saturated rings. The highest BCUT2D eigenvalue weighted by atomic mass is 19.1. The molecule has 0 atom stereocenters. The predicted octanol–water partition coefficient (Wildman–Crippen LogP) is 4.29. The number of benzene rings is 1. The molecule has 2 N–H and O–H groups in total. The minimum Gasteiger partial charge on any atom is -0.386 e. The minimum absolute atomic E-state index is 0.0910. The zero-order valence-electron chi connectivity index (χ0n) is 18.4. The van der Waals surface area contributed by atoms with E-state index in [1.807, 2.05) is 10.9 Å². The number of aryl methyl sites for hydroxylation is 1. The molecule has 0 radical (unpaired) electrons. The number of hydrogen-bond donors (Lipinski definition) is 2. The van der Waals surface area contributed by atoms with Crippen molar-refractivity contribution in [2.75, 3.05) is 5.32 Å². The standard InChI is InChI=1S/C24H27FN4O3/c1-14-19(25)8-9-20(26-14)23(31)27-22-10-16-12-29(17-6-4-15(13-30)5-7-17)28-21(16)11-18(22)24(2,3)32/h8-13,15,17,32H,4-7H2,1-3H3,(H,27,31). The van der Waals surface area contributed by atoms with Gasteiger partial charge in [0.15, 0.2) is 0 Å². The highest BCUT2D eigenvalue weighted by Crippen LogP contribution is 2.35. The molecule has 2 heterocycles. The number of carbonyl (C=O) groups excluding carboxylic acids is 2. The summed E-state index contributed by atoms with van der Waals surface area (Å²) in [6.07, 6.45) is 6.45. The van der Waals surface area contributed by atoms with E-state index in [4.69, 9.17) is 5.10 Å². The lowest BCUT2D eigenvalue weighted by molar-refractivity contribution is -0.112. The van der Waals surface area contributed by atoms with Gasteiger partial charge in [-0.1, -0.05) is 0 Å². The molecule has 1 amide bonds. The summed E-state index contributed by atoms with van der Waals surface area (Å²) in [5.41, 5.74) is 0.688. The molecule has 168 valence electrons. The number of nitrogens with zero attached hydrogens (tertiary/aromatic N) is 3. The van der Waals surface area contributed by atoms with Crippen molar-refractivity contribution in [1.29, 1.82) is 0 Å². The first-order valence-electron chi connectivity index (χ1n) is 10.8. The van der Waals surface area contributed by atoms with Gasteiger partial charge in [0.2, 0.25) is 0 Å². The number of halogens is 1. The molecular formula is C24H27FN4O3. The highest BCUT2D eigenvalue weighted by Gasteiger charge is 2.26. The van der Waals surface area contributed by atoms with Crippen LogP contribution in [0.15, 0.2) is 30.5 Å². The molecule has 7 nitrogen and oxygen atoms in total. The van der Waals surface area contributed by atoms with Crippen molar-refractivity contribution in [3.8, 4) is 0 Å². The molecule has 0 aliphatic heterocycles. The van der Waals surface area contributed by atoms with Crippen LogP contribution in [-0.2, 0) is 10.4 Å². The molecule has 0 unspecified atom stereocenters. The maximum atomic E-state index is 13.5. The monoisotopic (exact) mass is 438 g/mol. The van der Waals surface area contributed by atoms with Crippen LogP contribution >= 0.6 is 0 Å². The number of rotatable bonds is 5. The molecule has 1 aliphatic carbocycles. The van der Waals surface area contributed by atoms with Gasteiger partial charge in [-0.05, 0) is 70.7 Å². The van der Waals surface area contributed by atoms with E-state index in [0.717, 1.165) is 37.4 Å². The van der Waals surface area contributed by atoms with Crippen LogP contribution in [0.2, 0.25) is 0 Å². The predicted molar refractivity (Wildman–Crippen MR) is 119 cm³/mol. The Morgan fingerprint density at radius 1 is 1.25 bits per heavy atom. The Bertz CT molecular complexity index is 1170. The third-order valence-electron chi connectivity index (χ3n) is 6.13. The molecule has 3 aromatic rings. The summed E-state index contributed by atoms with van der Waals surface area (Å²) in [5.74, 6) is -0.837. The first kappa shape index (κ1) is 22.1. The SMILES string of the molecule is Cc1nc(C(=O)Nc2cc3cn(C4CCC(C=O)CC4)nc3cc2C(C)(C)O)ccc1F. The number of fused-ring (bicyclic) bond motifs is 1. The molecular weight excluding hydrogens is 411 g/mol. The molecule has 0 spiro atoms. The maximum absolute atomic E-state index is 13.5. The van der Waals surface area contributed by atoms with Crippen LogP contribution in [0.25, 0.3) is 10.9 Å². The molecule has 0 bridgehead atoms. The summed E-state index contributed by atoms with van der Waals surface area (Å²) in [5, 5.41) is 19.1. The van der Waals surface area contributed by atoms with Crippen molar-refractivity contribution in [2.45, 2.75) is 58.1 Å². The molecule has 32 heavy (non-hydrogen) atoms. The van der Waals surface area contributed by atoms with Crippen molar-refractivity contribution in [1.82, 2.24) is 14.8 Å². The van der Waals surface area contributed by atoms with Crippen LogP contribution in [0, 0.1) is 18.7 Å². The lowest BCUT2D eigenvalue weighted by Crippen LogP contribution is -2.21. The fraction of sp³-hybridized carbons (Fsp3) is 0.417. The van der Waals surface area contributed by atoms with E-state index in [0.29, 0.717) is 16.8 Å². The van der Waals surface area contributed by atoms with Crippen LogP contribution in [0.1, 0.15) is 67.3 Å². The van der Waals surface area contributed by atoms with Gasteiger partial charge in [-0.3, -0.25) is 9.48 Å². The second-order valence-electron chi connectivity index (χ2n) is 9.05. The fourth-order valence-electron chi connectivity index (χ4n) is 4.25. The number of nitrogens with one attached hydrogen (secondary N) is 1. The van der Waals surface area contributed by atoms with Crippen molar-refractivity contribution >= 4 is 28.8 Å². The van der Waals surface area contributed by atoms with E-state index >= 15 is 0 Å². The average Bonchev–Trinajstić information content (AvgIpc) is 3.17. The van der Waals surface area contributed by atoms with Gasteiger partial charge >= 0.3 is 0 Å². The normalized spacial score (nSPS) is 19.2. The van der Waals surface area contributed by atoms with E-state index in [1.165, 1.54) is 19.1 Å². The Morgan fingerprint density at radius 3 is 2.59 bits per heavy atom. The Kier molecular flexibility index (Phi) is 5.81. The second-order valence-corrected chi connectivity index (χ2v) is 9.05.